The summed E-state index contributed by atoms with van der Waals surface area (Å²) in [6.07, 6.45) is 12.4. The molecule has 1 unspecified atom stereocenters. The lowest BCUT2D eigenvalue weighted by Crippen LogP contribution is -2.21. The van der Waals surface area contributed by atoms with Crippen molar-refractivity contribution >= 4 is 71.6 Å². The molecule has 1 saturated carbocycles. The molecule has 2 aliphatic rings. The van der Waals surface area contributed by atoms with Gasteiger partial charge < -0.3 is 13.7 Å². The third-order valence-electron chi connectivity index (χ3n) is 13.6. The first-order valence-electron chi connectivity index (χ1n) is 22.4. The fourth-order valence-corrected chi connectivity index (χ4v) is 10.6. The summed E-state index contributed by atoms with van der Waals surface area (Å²) < 4.78 is 12.9. The molecular formula is C59H47NO2. The second-order valence-corrected chi connectivity index (χ2v) is 17.5. The molecule has 3 nitrogen and oxygen atoms in total. The van der Waals surface area contributed by atoms with Crippen LogP contribution in [0.1, 0.15) is 62.5 Å². The molecule has 0 aliphatic heterocycles. The lowest BCUT2D eigenvalue weighted by Gasteiger charge is -2.35. The van der Waals surface area contributed by atoms with E-state index in [0.717, 1.165) is 83.9 Å². The molecule has 0 radical (unpaired) electrons. The average Bonchev–Trinajstić information content (AvgIpc) is 3.90. The van der Waals surface area contributed by atoms with E-state index in [1.165, 1.54) is 65.3 Å². The Morgan fingerprint density at radius 2 is 1.11 bits per heavy atom. The monoisotopic (exact) mass is 801 g/mol. The molecule has 10 aromatic rings. The Balaban J connectivity index is 1.06. The van der Waals surface area contributed by atoms with Crippen LogP contribution in [0.5, 0.6) is 0 Å². The molecule has 1 fully saturated rings. The summed E-state index contributed by atoms with van der Waals surface area (Å²) in [7, 11) is 0. The Morgan fingerprint density at radius 1 is 0.500 bits per heavy atom. The molecule has 2 aromatic heterocycles. The highest BCUT2D eigenvalue weighted by Crippen LogP contribution is 2.48. The average molecular weight is 802 g/mol. The van der Waals surface area contributed by atoms with Crippen LogP contribution in [0.2, 0.25) is 0 Å². The maximum atomic E-state index is 6.48. The summed E-state index contributed by atoms with van der Waals surface area (Å²) in [5.41, 5.74) is 15.7. The van der Waals surface area contributed by atoms with Crippen LogP contribution in [0.25, 0.3) is 82.5 Å². The minimum atomic E-state index is 0.389. The van der Waals surface area contributed by atoms with Crippen LogP contribution in [-0.4, -0.2) is 0 Å². The lowest BCUT2D eigenvalue weighted by molar-refractivity contribution is 0.445. The third kappa shape index (κ3) is 6.26. The highest BCUT2D eigenvalue weighted by molar-refractivity contribution is 6.08. The van der Waals surface area contributed by atoms with Gasteiger partial charge in [-0.15, -0.1) is 0 Å². The smallest absolute Gasteiger partial charge is 0.136 e. The minimum absolute atomic E-state index is 0.389. The zero-order valence-electron chi connectivity index (χ0n) is 35.0. The van der Waals surface area contributed by atoms with E-state index >= 15 is 0 Å². The third-order valence-corrected chi connectivity index (χ3v) is 13.6. The van der Waals surface area contributed by atoms with Crippen molar-refractivity contribution in [3.05, 3.63) is 199 Å². The van der Waals surface area contributed by atoms with Crippen molar-refractivity contribution in [3.8, 4) is 22.3 Å². The number of fused-ring (bicyclic) bond motifs is 7. The van der Waals surface area contributed by atoms with Gasteiger partial charge in [0.2, 0.25) is 0 Å². The number of benzene rings is 8. The number of furan rings is 2. The summed E-state index contributed by atoms with van der Waals surface area (Å²) in [5.74, 6) is 0.966. The number of nitrogens with zero attached hydrogens (tertiary/aromatic N) is 1. The molecule has 300 valence electrons. The van der Waals surface area contributed by atoms with Crippen molar-refractivity contribution in [1.29, 1.82) is 0 Å². The standard InChI is InChI=1S/C59H47NO2/c1-38-28-33-54(52(34-38)51-24-13-17-40-16-12-23-46(59(40)51)39-14-3-2-4-15-39)60(44-19-11-18-41(35-44)42-29-31-49-47-21-6-9-26-55(47)61-57(49)36-42)53-25-8-5-20-45(53)43-30-32-50-48-22-7-10-27-56(48)62-58(50)37-43/h5-13,16-27,29-39H,2-4,14-15,28H2,1H3. The summed E-state index contributed by atoms with van der Waals surface area (Å²) in [6, 6.07) is 61.9. The van der Waals surface area contributed by atoms with E-state index in [0.29, 0.717) is 11.8 Å². The first-order valence-corrected chi connectivity index (χ1v) is 22.4. The maximum Gasteiger partial charge on any atom is 0.136 e. The molecule has 0 amide bonds. The van der Waals surface area contributed by atoms with Gasteiger partial charge in [-0.25, -0.2) is 0 Å². The number of para-hydroxylation sites is 3. The summed E-state index contributed by atoms with van der Waals surface area (Å²) in [6.45, 7) is 2.36. The first kappa shape index (κ1) is 36.7. The molecule has 8 aromatic carbocycles. The van der Waals surface area contributed by atoms with Crippen LogP contribution in [0.3, 0.4) is 0 Å². The zero-order chi connectivity index (χ0) is 41.1. The molecule has 62 heavy (non-hydrogen) atoms. The number of anilines is 2. The summed E-state index contributed by atoms with van der Waals surface area (Å²) in [5, 5.41) is 7.27. The van der Waals surface area contributed by atoms with Crippen LogP contribution in [0, 0.1) is 5.92 Å². The Bertz CT molecular complexity index is 3400. The summed E-state index contributed by atoms with van der Waals surface area (Å²) >= 11 is 0. The maximum absolute atomic E-state index is 6.48. The molecule has 3 heteroatoms. The second-order valence-electron chi connectivity index (χ2n) is 17.5. The van der Waals surface area contributed by atoms with Crippen molar-refractivity contribution in [2.75, 3.05) is 4.90 Å². The van der Waals surface area contributed by atoms with Crippen LogP contribution in [0.15, 0.2) is 197 Å². The van der Waals surface area contributed by atoms with Crippen LogP contribution in [-0.2, 0) is 0 Å². The van der Waals surface area contributed by atoms with E-state index in [-0.39, 0.29) is 0 Å². The molecule has 0 spiro atoms. The van der Waals surface area contributed by atoms with Gasteiger partial charge >= 0.3 is 0 Å². The van der Waals surface area contributed by atoms with Crippen LogP contribution < -0.4 is 4.90 Å². The fraction of sp³-hybridized carbons (Fsp3) is 0.153. The minimum Gasteiger partial charge on any atom is -0.456 e. The van der Waals surface area contributed by atoms with Gasteiger partial charge in [0.25, 0.3) is 0 Å². The van der Waals surface area contributed by atoms with E-state index in [2.05, 4.69) is 182 Å². The van der Waals surface area contributed by atoms with Gasteiger partial charge in [-0.3, -0.25) is 0 Å². The Kier molecular flexibility index (Phi) is 8.95. The van der Waals surface area contributed by atoms with E-state index in [1.807, 2.05) is 12.1 Å². The van der Waals surface area contributed by atoms with Gasteiger partial charge in [0, 0.05) is 44.1 Å². The molecule has 12 rings (SSSR count). The first-order chi connectivity index (χ1) is 30.6. The highest BCUT2D eigenvalue weighted by atomic mass is 16.3. The predicted molar refractivity (Wildman–Crippen MR) is 260 cm³/mol. The van der Waals surface area contributed by atoms with E-state index in [4.69, 9.17) is 8.83 Å². The highest BCUT2D eigenvalue weighted by Gasteiger charge is 2.28. The van der Waals surface area contributed by atoms with E-state index in [9.17, 15) is 0 Å². The number of hydrogen-bond donors (Lipinski definition) is 0. The second kappa shape index (κ2) is 15.1. The van der Waals surface area contributed by atoms with Crippen LogP contribution in [0.4, 0.5) is 11.4 Å². The number of allylic oxidation sites excluding steroid dienone is 3. The largest absolute Gasteiger partial charge is 0.456 e. The summed E-state index contributed by atoms with van der Waals surface area (Å²) in [4.78, 5) is 2.53. The molecule has 2 heterocycles. The van der Waals surface area contributed by atoms with Gasteiger partial charge in [-0.1, -0.05) is 154 Å². The molecule has 2 aliphatic carbocycles. The van der Waals surface area contributed by atoms with Gasteiger partial charge in [-0.2, -0.15) is 0 Å². The normalized spacial score (nSPS) is 16.0. The van der Waals surface area contributed by atoms with E-state index < -0.39 is 0 Å². The topological polar surface area (TPSA) is 29.5 Å². The zero-order valence-corrected chi connectivity index (χ0v) is 35.0. The molecule has 1 atom stereocenters. The molecule has 0 N–H and O–H groups in total. The van der Waals surface area contributed by atoms with Crippen molar-refractivity contribution in [3.63, 3.8) is 0 Å². The van der Waals surface area contributed by atoms with Gasteiger partial charge in [-0.05, 0) is 124 Å². The number of hydrogen-bond acceptors (Lipinski definition) is 3. The molecule has 0 saturated heterocycles. The predicted octanol–water partition coefficient (Wildman–Crippen LogP) is 17.2. The van der Waals surface area contributed by atoms with Gasteiger partial charge in [0.1, 0.15) is 22.3 Å². The van der Waals surface area contributed by atoms with Crippen molar-refractivity contribution in [2.24, 2.45) is 5.92 Å². The fourth-order valence-electron chi connectivity index (χ4n) is 10.6. The quantitative estimate of drug-likeness (QED) is 0.161. The van der Waals surface area contributed by atoms with Crippen molar-refractivity contribution < 1.29 is 8.83 Å². The van der Waals surface area contributed by atoms with Crippen molar-refractivity contribution in [2.45, 2.75) is 51.4 Å². The number of rotatable bonds is 7. The Hall–Kier alpha value is -7.10. The molecular weight excluding hydrogens is 755 g/mol. The van der Waals surface area contributed by atoms with Gasteiger partial charge in [0.05, 0.1) is 5.69 Å². The van der Waals surface area contributed by atoms with Gasteiger partial charge in [0.15, 0.2) is 0 Å². The lowest BCUT2D eigenvalue weighted by atomic mass is 9.79. The van der Waals surface area contributed by atoms with E-state index in [1.54, 1.807) is 0 Å². The molecule has 0 bridgehead atoms. The van der Waals surface area contributed by atoms with Crippen LogP contribution >= 0.6 is 0 Å². The Labute approximate surface area is 362 Å². The SMILES string of the molecule is CC1C=C(c2cccc3cccc(C4CCCCC4)c23)C(N(c2cccc(-c3ccc4c(c3)oc3ccccc34)c2)c2ccccc2-c2ccc3c(c2)oc2ccccc23)=CC1. The Morgan fingerprint density at radius 3 is 1.89 bits per heavy atom. The van der Waals surface area contributed by atoms with Crippen molar-refractivity contribution in [1.82, 2.24) is 0 Å².